The van der Waals surface area contributed by atoms with Crippen LogP contribution < -0.4 is 9.64 Å². The number of carbonyl (C=O) groups excluding carboxylic acids is 1. The van der Waals surface area contributed by atoms with Crippen LogP contribution in [0.3, 0.4) is 0 Å². The van der Waals surface area contributed by atoms with E-state index in [1.807, 2.05) is 67.0 Å². The van der Waals surface area contributed by atoms with Crippen molar-refractivity contribution in [1.82, 2.24) is 9.38 Å². The lowest BCUT2D eigenvalue weighted by atomic mass is 10.0. The molecule has 5 nitrogen and oxygen atoms in total. The summed E-state index contributed by atoms with van der Waals surface area (Å²) in [6.07, 6.45) is 3.60. The number of aryl methyl sites for hydroxylation is 1. The molecule has 0 N–H and O–H groups in total. The Morgan fingerprint density at radius 3 is 2.52 bits per heavy atom. The lowest BCUT2D eigenvalue weighted by Crippen LogP contribution is -2.33. The van der Waals surface area contributed by atoms with Crippen molar-refractivity contribution in [2.45, 2.75) is 40.2 Å². The van der Waals surface area contributed by atoms with Crippen molar-refractivity contribution in [1.29, 1.82) is 0 Å². The van der Waals surface area contributed by atoms with Gasteiger partial charge in [0.05, 0.1) is 5.69 Å². The van der Waals surface area contributed by atoms with E-state index < -0.39 is 0 Å². The molecule has 1 aromatic carbocycles. The number of pyridine rings is 1. The Bertz CT molecular complexity index is 914. The van der Waals surface area contributed by atoms with Gasteiger partial charge < -0.3 is 4.74 Å². The molecule has 0 aliphatic carbocycles. The van der Waals surface area contributed by atoms with Gasteiger partial charge in [0.25, 0.3) is 0 Å². The summed E-state index contributed by atoms with van der Waals surface area (Å²) in [5.41, 5.74) is 2.64. The van der Waals surface area contributed by atoms with Gasteiger partial charge in [-0.2, -0.15) is 0 Å². The topological polar surface area (TPSA) is 46.8 Å². The monoisotopic (exact) mass is 365 g/mol. The quantitative estimate of drug-likeness (QED) is 0.614. The minimum atomic E-state index is 0.0254. The number of hydrogen-bond donors (Lipinski definition) is 0. The number of imidazole rings is 1. The summed E-state index contributed by atoms with van der Waals surface area (Å²) in [7, 11) is 1.83. The molecule has 27 heavy (non-hydrogen) atoms. The molecule has 0 aliphatic heterocycles. The van der Waals surface area contributed by atoms with Crippen LogP contribution in [0.1, 0.15) is 37.9 Å². The number of hydrogen-bond acceptors (Lipinski definition) is 3. The number of anilines is 1. The van der Waals surface area contributed by atoms with Gasteiger partial charge in [0, 0.05) is 19.2 Å². The van der Waals surface area contributed by atoms with Crippen LogP contribution in [0.2, 0.25) is 0 Å². The van der Waals surface area contributed by atoms with Gasteiger partial charge in [-0.25, -0.2) is 4.98 Å². The van der Waals surface area contributed by atoms with Crippen LogP contribution in [-0.4, -0.2) is 22.3 Å². The second-order valence-electron chi connectivity index (χ2n) is 6.77. The Hall–Kier alpha value is -2.82. The van der Waals surface area contributed by atoms with E-state index in [0.29, 0.717) is 12.4 Å². The van der Waals surface area contributed by atoms with Crippen molar-refractivity contribution in [2.75, 3.05) is 11.9 Å². The Balaban J connectivity index is 1.92. The van der Waals surface area contributed by atoms with Gasteiger partial charge in [0.2, 0.25) is 5.91 Å². The maximum Gasteiger partial charge on any atom is 0.230 e. The minimum absolute atomic E-state index is 0.0254. The first-order chi connectivity index (χ1) is 13.1. The molecule has 3 aromatic rings. The van der Waals surface area contributed by atoms with Gasteiger partial charge in [-0.15, -0.1) is 0 Å². The minimum Gasteiger partial charge on any atom is -0.485 e. The Morgan fingerprint density at radius 2 is 1.85 bits per heavy atom. The van der Waals surface area contributed by atoms with E-state index >= 15 is 0 Å². The number of aromatic nitrogens is 2. The van der Waals surface area contributed by atoms with Crippen molar-refractivity contribution < 1.29 is 9.53 Å². The van der Waals surface area contributed by atoms with E-state index in [9.17, 15) is 4.79 Å². The molecule has 0 atom stereocenters. The van der Waals surface area contributed by atoms with Crippen molar-refractivity contribution in [3.8, 4) is 5.75 Å². The first kappa shape index (κ1) is 19.0. The normalized spacial score (nSPS) is 11.1. The third-order valence-electron chi connectivity index (χ3n) is 4.98. The van der Waals surface area contributed by atoms with Gasteiger partial charge in [0.15, 0.2) is 11.4 Å². The molecule has 0 aliphatic rings. The summed E-state index contributed by atoms with van der Waals surface area (Å²) in [4.78, 5) is 19.3. The molecule has 0 spiro atoms. The maximum atomic E-state index is 12.8. The van der Waals surface area contributed by atoms with Crippen LogP contribution in [0.5, 0.6) is 5.75 Å². The van der Waals surface area contributed by atoms with Crippen LogP contribution in [0, 0.1) is 12.8 Å². The van der Waals surface area contributed by atoms with Crippen LogP contribution in [0.4, 0.5) is 5.82 Å². The lowest BCUT2D eigenvalue weighted by Gasteiger charge is -2.22. The number of fused-ring (bicyclic) bond motifs is 1. The molecule has 1 amide bonds. The third kappa shape index (κ3) is 3.82. The van der Waals surface area contributed by atoms with Crippen molar-refractivity contribution in [3.05, 3.63) is 59.9 Å². The zero-order chi connectivity index (χ0) is 19.4. The zero-order valence-corrected chi connectivity index (χ0v) is 16.5. The SMILES string of the molecule is CCC(CC)C(=O)N(C)c1c(C)nc2c(OCc3ccccc3)cccn12. The second-order valence-corrected chi connectivity index (χ2v) is 6.77. The van der Waals surface area contributed by atoms with Crippen molar-refractivity contribution >= 4 is 17.4 Å². The first-order valence-corrected chi connectivity index (χ1v) is 9.48. The van der Waals surface area contributed by atoms with E-state index in [2.05, 4.69) is 18.8 Å². The molecule has 0 saturated carbocycles. The fourth-order valence-corrected chi connectivity index (χ4v) is 3.41. The highest BCUT2D eigenvalue weighted by molar-refractivity contribution is 5.94. The summed E-state index contributed by atoms with van der Waals surface area (Å²) in [6, 6.07) is 13.9. The highest BCUT2D eigenvalue weighted by Gasteiger charge is 2.24. The van der Waals surface area contributed by atoms with Crippen LogP contribution in [0.15, 0.2) is 48.7 Å². The van der Waals surface area contributed by atoms with Crippen LogP contribution >= 0.6 is 0 Å². The average Bonchev–Trinajstić information content (AvgIpc) is 3.03. The fourth-order valence-electron chi connectivity index (χ4n) is 3.41. The standard InChI is InChI=1S/C22H27N3O2/c1-5-18(6-2)22(26)24(4)21-16(3)23-20-19(13-10-14-25(20)21)27-15-17-11-8-7-9-12-17/h7-14,18H,5-6,15H2,1-4H3. The van der Waals surface area contributed by atoms with E-state index in [0.717, 1.165) is 35.6 Å². The molecule has 0 saturated heterocycles. The summed E-state index contributed by atoms with van der Waals surface area (Å²) in [5, 5.41) is 0. The fraction of sp³-hybridized carbons (Fsp3) is 0.364. The van der Waals surface area contributed by atoms with E-state index in [-0.39, 0.29) is 11.8 Å². The van der Waals surface area contributed by atoms with E-state index in [4.69, 9.17) is 4.74 Å². The Labute approximate surface area is 160 Å². The van der Waals surface area contributed by atoms with Crippen molar-refractivity contribution in [2.24, 2.45) is 5.92 Å². The second kappa shape index (κ2) is 8.25. The predicted octanol–water partition coefficient (Wildman–Crippen LogP) is 4.62. The highest BCUT2D eigenvalue weighted by Crippen LogP contribution is 2.29. The molecule has 0 fully saturated rings. The third-order valence-corrected chi connectivity index (χ3v) is 4.98. The number of rotatable bonds is 7. The first-order valence-electron chi connectivity index (χ1n) is 9.48. The molecular formula is C22H27N3O2. The lowest BCUT2D eigenvalue weighted by molar-refractivity contribution is -0.122. The largest absolute Gasteiger partial charge is 0.485 e. The van der Waals surface area contributed by atoms with Gasteiger partial charge in [0.1, 0.15) is 12.4 Å². The Kier molecular flexibility index (Phi) is 5.79. The molecule has 0 unspecified atom stereocenters. The van der Waals surface area contributed by atoms with Crippen LogP contribution in [0.25, 0.3) is 5.65 Å². The molecule has 5 heteroatoms. The van der Waals surface area contributed by atoms with Crippen LogP contribution in [-0.2, 0) is 11.4 Å². The summed E-state index contributed by atoms with van der Waals surface area (Å²) in [6.45, 7) is 6.51. The summed E-state index contributed by atoms with van der Waals surface area (Å²) < 4.78 is 7.96. The smallest absolute Gasteiger partial charge is 0.230 e. The number of amides is 1. The summed E-state index contributed by atoms with van der Waals surface area (Å²) >= 11 is 0. The van der Waals surface area contributed by atoms with E-state index in [1.54, 1.807) is 4.90 Å². The number of carbonyl (C=O) groups is 1. The van der Waals surface area contributed by atoms with Gasteiger partial charge in [-0.05, 0) is 37.5 Å². The highest BCUT2D eigenvalue weighted by atomic mass is 16.5. The van der Waals surface area contributed by atoms with Gasteiger partial charge >= 0.3 is 0 Å². The summed E-state index contributed by atoms with van der Waals surface area (Å²) in [5.74, 6) is 1.66. The molecule has 0 radical (unpaired) electrons. The predicted molar refractivity (Wildman–Crippen MR) is 108 cm³/mol. The van der Waals surface area contributed by atoms with Gasteiger partial charge in [-0.3, -0.25) is 14.1 Å². The van der Waals surface area contributed by atoms with Gasteiger partial charge in [-0.1, -0.05) is 44.2 Å². The van der Waals surface area contributed by atoms with Crippen molar-refractivity contribution in [3.63, 3.8) is 0 Å². The maximum absolute atomic E-state index is 12.8. The molecule has 0 bridgehead atoms. The zero-order valence-electron chi connectivity index (χ0n) is 16.5. The molecule has 142 valence electrons. The molecule has 2 aromatic heterocycles. The number of nitrogens with zero attached hydrogens (tertiary/aromatic N) is 3. The molecule has 2 heterocycles. The average molecular weight is 365 g/mol. The number of ether oxygens (including phenoxy) is 1. The molecular weight excluding hydrogens is 338 g/mol. The molecule has 3 rings (SSSR count). The van der Waals surface area contributed by atoms with E-state index in [1.165, 1.54) is 0 Å². The Morgan fingerprint density at radius 1 is 1.15 bits per heavy atom. The number of benzene rings is 1.